The van der Waals surface area contributed by atoms with Crippen molar-refractivity contribution in [3.8, 4) is 0 Å². The van der Waals surface area contributed by atoms with E-state index in [9.17, 15) is 0 Å². The summed E-state index contributed by atoms with van der Waals surface area (Å²) in [6, 6.07) is 0. The molecule has 0 aliphatic heterocycles. The van der Waals surface area contributed by atoms with Crippen molar-refractivity contribution in [3.05, 3.63) is 22.8 Å². The Morgan fingerprint density at radius 3 is 2.19 bits per heavy atom. The van der Waals surface area contributed by atoms with E-state index in [0.717, 1.165) is 5.71 Å². The standard InChI is InChI=1S/C15H25N/c1-9(2)8-13-11(4)14(16)10(3)12(5)15(13,6)7/h8,11,13,16H,1-7H3. The maximum absolute atomic E-state index is 8.20. The van der Waals surface area contributed by atoms with Crippen LogP contribution in [0.5, 0.6) is 0 Å². The molecule has 2 atom stereocenters. The van der Waals surface area contributed by atoms with Crippen LogP contribution in [0, 0.1) is 22.7 Å². The van der Waals surface area contributed by atoms with Crippen molar-refractivity contribution in [1.82, 2.24) is 0 Å². The highest BCUT2D eigenvalue weighted by atomic mass is 14.5. The molecular weight excluding hydrogens is 194 g/mol. The van der Waals surface area contributed by atoms with Crippen molar-refractivity contribution in [1.29, 1.82) is 5.41 Å². The summed E-state index contributed by atoms with van der Waals surface area (Å²) in [5.74, 6) is 0.780. The number of rotatable bonds is 1. The Kier molecular flexibility index (Phi) is 3.47. The van der Waals surface area contributed by atoms with E-state index in [-0.39, 0.29) is 5.41 Å². The topological polar surface area (TPSA) is 23.9 Å². The lowest BCUT2D eigenvalue weighted by molar-refractivity contribution is 0.266. The lowest BCUT2D eigenvalue weighted by Crippen LogP contribution is -2.39. The number of allylic oxidation sites excluding steroid dienone is 4. The third kappa shape index (κ3) is 2.00. The molecule has 0 amide bonds. The highest BCUT2D eigenvalue weighted by molar-refractivity contribution is 6.01. The van der Waals surface area contributed by atoms with E-state index in [2.05, 4.69) is 54.5 Å². The molecule has 0 fully saturated rings. The first kappa shape index (κ1) is 13.2. The molecule has 0 bridgehead atoms. The summed E-state index contributed by atoms with van der Waals surface area (Å²) in [5.41, 5.74) is 4.91. The molecule has 1 nitrogen and oxygen atoms in total. The summed E-state index contributed by atoms with van der Waals surface area (Å²) in [6.07, 6.45) is 2.34. The van der Waals surface area contributed by atoms with Gasteiger partial charge in [0.05, 0.1) is 0 Å². The van der Waals surface area contributed by atoms with Gasteiger partial charge in [0.2, 0.25) is 0 Å². The average molecular weight is 219 g/mol. The molecule has 0 spiro atoms. The average Bonchev–Trinajstić information content (AvgIpc) is 2.19. The lowest BCUT2D eigenvalue weighted by Gasteiger charge is -2.43. The molecule has 16 heavy (non-hydrogen) atoms. The van der Waals surface area contributed by atoms with Gasteiger partial charge in [-0.3, -0.25) is 0 Å². The number of hydrogen-bond donors (Lipinski definition) is 1. The van der Waals surface area contributed by atoms with Crippen LogP contribution in [-0.2, 0) is 0 Å². The second kappa shape index (κ2) is 4.20. The van der Waals surface area contributed by atoms with Crippen molar-refractivity contribution >= 4 is 5.71 Å². The maximum atomic E-state index is 8.20. The molecule has 0 radical (unpaired) electrons. The van der Waals surface area contributed by atoms with Crippen molar-refractivity contribution in [2.45, 2.75) is 48.5 Å². The zero-order chi connectivity index (χ0) is 12.7. The van der Waals surface area contributed by atoms with Crippen LogP contribution in [0.15, 0.2) is 22.8 Å². The quantitative estimate of drug-likeness (QED) is 0.623. The van der Waals surface area contributed by atoms with Crippen LogP contribution in [0.2, 0.25) is 0 Å². The molecule has 1 heteroatoms. The van der Waals surface area contributed by atoms with Crippen LogP contribution in [0.1, 0.15) is 48.5 Å². The van der Waals surface area contributed by atoms with Gasteiger partial charge in [-0.15, -0.1) is 0 Å². The van der Waals surface area contributed by atoms with Gasteiger partial charge in [-0.25, -0.2) is 0 Å². The van der Waals surface area contributed by atoms with Crippen LogP contribution in [0.25, 0.3) is 0 Å². The van der Waals surface area contributed by atoms with Gasteiger partial charge >= 0.3 is 0 Å². The molecule has 1 aliphatic rings. The van der Waals surface area contributed by atoms with Gasteiger partial charge in [-0.1, -0.05) is 38.0 Å². The molecule has 2 unspecified atom stereocenters. The minimum absolute atomic E-state index is 0.172. The van der Waals surface area contributed by atoms with Gasteiger partial charge in [0, 0.05) is 11.6 Å². The molecule has 0 heterocycles. The molecule has 0 aromatic carbocycles. The van der Waals surface area contributed by atoms with Crippen LogP contribution in [0.3, 0.4) is 0 Å². The Bertz CT molecular complexity index is 365. The summed E-state index contributed by atoms with van der Waals surface area (Å²) < 4.78 is 0. The zero-order valence-electron chi connectivity index (χ0n) is 11.7. The smallest absolute Gasteiger partial charge is 0.0377 e. The predicted octanol–water partition coefficient (Wildman–Crippen LogP) is 4.60. The van der Waals surface area contributed by atoms with Crippen molar-refractivity contribution in [2.75, 3.05) is 0 Å². The maximum Gasteiger partial charge on any atom is 0.0377 e. The van der Waals surface area contributed by atoms with Crippen LogP contribution >= 0.6 is 0 Å². The molecule has 1 rings (SSSR count). The van der Waals surface area contributed by atoms with Gasteiger partial charge in [0.15, 0.2) is 0 Å². The van der Waals surface area contributed by atoms with E-state index in [4.69, 9.17) is 5.41 Å². The van der Waals surface area contributed by atoms with Crippen molar-refractivity contribution in [3.63, 3.8) is 0 Å². The minimum atomic E-state index is 0.172. The minimum Gasteiger partial charge on any atom is -0.305 e. The van der Waals surface area contributed by atoms with E-state index in [1.54, 1.807) is 0 Å². The molecular formula is C15H25N. The summed E-state index contributed by atoms with van der Waals surface area (Å²) in [7, 11) is 0. The fourth-order valence-corrected chi connectivity index (χ4v) is 2.79. The van der Waals surface area contributed by atoms with Gasteiger partial charge in [-0.2, -0.15) is 0 Å². The summed E-state index contributed by atoms with van der Waals surface area (Å²) in [4.78, 5) is 0. The fourth-order valence-electron chi connectivity index (χ4n) is 2.79. The first-order valence-electron chi connectivity index (χ1n) is 6.11. The molecule has 0 aromatic heterocycles. The first-order valence-corrected chi connectivity index (χ1v) is 6.11. The second-order valence-corrected chi connectivity index (χ2v) is 5.94. The van der Waals surface area contributed by atoms with Gasteiger partial charge in [0.1, 0.15) is 0 Å². The normalized spacial score (nSPS) is 29.3. The van der Waals surface area contributed by atoms with Crippen molar-refractivity contribution in [2.24, 2.45) is 17.3 Å². The predicted molar refractivity (Wildman–Crippen MR) is 72.0 cm³/mol. The van der Waals surface area contributed by atoms with E-state index in [1.165, 1.54) is 16.7 Å². The van der Waals surface area contributed by atoms with Crippen LogP contribution in [-0.4, -0.2) is 5.71 Å². The Hall–Kier alpha value is -0.850. The van der Waals surface area contributed by atoms with Gasteiger partial charge in [-0.05, 0) is 44.6 Å². The number of hydrogen-bond acceptors (Lipinski definition) is 1. The Morgan fingerprint density at radius 1 is 1.25 bits per heavy atom. The summed E-state index contributed by atoms with van der Waals surface area (Å²) in [6.45, 7) is 15.4. The first-order chi connectivity index (χ1) is 7.19. The Labute approximate surface area is 100 Å². The second-order valence-electron chi connectivity index (χ2n) is 5.94. The molecule has 0 saturated heterocycles. The fraction of sp³-hybridized carbons (Fsp3) is 0.667. The van der Waals surface area contributed by atoms with E-state index < -0.39 is 0 Å². The highest BCUT2D eigenvalue weighted by Gasteiger charge is 2.40. The molecule has 90 valence electrons. The third-order valence-electron chi connectivity index (χ3n) is 4.27. The van der Waals surface area contributed by atoms with E-state index >= 15 is 0 Å². The zero-order valence-corrected chi connectivity index (χ0v) is 11.7. The number of nitrogens with one attached hydrogen (secondary N) is 1. The van der Waals surface area contributed by atoms with Gasteiger partial charge in [0.25, 0.3) is 0 Å². The molecule has 0 aromatic rings. The highest BCUT2D eigenvalue weighted by Crippen LogP contribution is 2.46. The van der Waals surface area contributed by atoms with E-state index in [1.807, 2.05) is 0 Å². The summed E-state index contributed by atoms with van der Waals surface area (Å²) in [5, 5.41) is 8.20. The molecule has 0 saturated carbocycles. The third-order valence-corrected chi connectivity index (χ3v) is 4.27. The van der Waals surface area contributed by atoms with Crippen molar-refractivity contribution < 1.29 is 0 Å². The summed E-state index contributed by atoms with van der Waals surface area (Å²) >= 11 is 0. The van der Waals surface area contributed by atoms with Crippen LogP contribution in [0.4, 0.5) is 0 Å². The Balaban J connectivity index is 3.32. The van der Waals surface area contributed by atoms with Gasteiger partial charge < -0.3 is 5.41 Å². The SMILES string of the molecule is CC(C)=CC1C(C)C(=N)C(C)=C(C)C1(C)C. The largest absolute Gasteiger partial charge is 0.305 e. The lowest BCUT2D eigenvalue weighted by atomic mass is 9.61. The Morgan fingerprint density at radius 2 is 1.75 bits per heavy atom. The van der Waals surface area contributed by atoms with Crippen LogP contribution < -0.4 is 0 Å². The monoisotopic (exact) mass is 219 g/mol. The van der Waals surface area contributed by atoms with E-state index in [0.29, 0.717) is 11.8 Å². The molecule has 1 aliphatic carbocycles. The molecule has 1 N–H and O–H groups in total.